The third-order valence-corrected chi connectivity index (χ3v) is 9.11. The Labute approximate surface area is 370 Å². The number of amides is 2. The Morgan fingerprint density at radius 2 is 0.548 bits per heavy atom. The van der Waals surface area contributed by atoms with E-state index in [9.17, 15) is 9.59 Å². The molecule has 0 radical (unpaired) electrons. The average Bonchev–Trinajstić information content (AvgIpc) is 3.24. The molecule has 0 heterocycles. The largest absolute Gasteiger partial charge is 0.446 e. The summed E-state index contributed by atoms with van der Waals surface area (Å²) in [7, 11) is 0. The van der Waals surface area contributed by atoms with Gasteiger partial charge in [-0.1, -0.05) is 24.3 Å². The molecule has 2 aliphatic carbocycles. The summed E-state index contributed by atoms with van der Waals surface area (Å²) in [6, 6.07) is 0. The minimum Gasteiger partial charge on any atom is -0.446 e. The third-order valence-electron chi connectivity index (χ3n) is 9.11. The van der Waals surface area contributed by atoms with Crippen molar-refractivity contribution in [2.24, 2.45) is 0 Å². The van der Waals surface area contributed by atoms with Crippen molar-refractivity contribution in [3.05, 3.63) is 24.3 Å². The van der Waals surface area contributed by atoms with E-state index in [1.807, 2.05) is 0 Å². The number of nitrogens with one attached hydrogen (secondary N) is 2. The van der Waals surface area contributed by atoms with Crippen LogP contribution in [0, 0.1) is 0 Å². The molecule has 0 saturated heterocycles. The second-order valence-corrected chi connectivity index (χ2v) is 14.2. The molecule has 0 aromatic rings. The molecule has 0 aromatic carbocycles. The van der Waals surface area contributed by atoms with Crippen molar-refractivity contribution >= 4 is 12.2 Å². The summed E-state index contributed by atoms with van der Waals surface area (Å²) in [4.78, 5) is 23.9. The van der Waals surface area contributed by atoms with Gasteiger partial charge in [-0.25, -0.2) is 9.59 Å². The molecule has 0 bridgehead atoms. The molecule has 18 heteroatoms. The van der Waals surface area contributed by atoms with Gasteiger partial charge in [-0.3, -0.25) is 0 Å². The second kappa shape index (κ2) is 45.1. The van der Waals surface area contributed by atoms with Crippen LogP contribution in [0.5, 0.6) is 0 Å². The molecule has 62 heavy (non-hydrogen) atoms. The highest BCUT2D eigenvalue weighted by Gasteiger charge is 2.15. The average molecular weight is 893 g/mol. The lowest BCUT2D eigenvalue weighted by Crippen LogP contribution is -2.31. The Kier molecular flexibility index (Phi) is 40.5. The first kappa shape index (κ1) is 55.7. The fourth-order valence-electron chi connectivity index (χ4n) is 5.84. The summed E-state index contributed by atoms with van der Waals surface area (Å²) >= 11 is 0. The van der Waals surface area contributed by atoms with Crippen LogP contribution in [0.2, 0.25) is 0 Å². The van der Waals surface area contributed by atoms with Gasteiger partial charge in [0.1, 0.15) is 12.2 Å². The van der Waals surface area contributed by atoms with Crippen molar-refractivity contribution in [3.63, 3.8) is 0 Å². The summed E-state index contributed by atoms with van der Waals surface area (Å²) in [6.45, 7) is 12.1. The van der Waals surface area contributed by atoms with Gasteiger partial charge in [0.05, 0.1) is 159 Å². The zero-order chi connectivity index (χ0) is 43.9. The number of rotatable bonds is 41. The molecule has 0 aromatic heterocycles. The van der Waals surface area contributed by atoms with Crippen molar-refractivity contribution in [2.45, 2.75) is 76.4 Å². The summed E-state index contributed by atoms with van der Waals surface area (Å²) in [5.74, 6) is 0. The maximum atomic E-state index is 11.9. The number of hydrogen-bond donors (Lipinski definition) is 2. The van der Waals surface area contributed by atoms with Gasteiger partial charge in [0.25, 0.3) is 0 Å². The Balaban J connectivity index is 1.14. The van der Waals surface area contributed by atoms with E-state index in [0.717, 1.165) is 64.2 Å². The molecular weight excluding hydrogens is 812 g/mol. The van der Waals surface area contributed by atoms with Crippen LogP contribution >= 0.6 is 0 Å². The van der Waals surface area contributed by atoms with Gasteiger partial charge >= 0.3 is 12.2 Å². The zero-order valence-corrected chi connectivity index (χ0v) is 37.5. The van der Waals surface area contributed by atoms with E-state index < -0.39 is 0 Å². The van der Waals surface area contributed by atoms with Crippen LogP contribution in [0.4, 0.5) is 9.59 Å². The molecule has 2 aliphatic rings. The molecule has 0 aliphatic heterocycles. The predicted molar refractivity (Wildman–Crippen MR) is 231 cm³/mol. The lowest BCUT2D eigenvalue weighted by atomic mass is 10.0. The van der Waals surface area contributed by atoms with E-state index >= 15 is 0 Å². The highest BCUT2D eigenvalue weighted by atomic mass is 16.6. The van der Waals surface area contributed by atoms with Crippen LogP contribution in [-0.4, -0.2) is 196 Å². The first-order chi connectivity index (χ1) is 30.7. The molecule has 2 unspecified atom stereocenters. The SMILES string of the molecule is O=C(NCCOCCOCCOCCOCCOCCOCCOCCOCCOCCOCCOCCOCCNC(=O)OC1CC/C=C\CCC1)OC1CC/C=C\CCC1. The molecule has 2 atom stereocenters. The highest BCUT2D eigenvalue weighted by Crippen LogP contribution is 2.16. The van der Waals surface area contributed by atoms with Gasteiger partial charge in [0.2, 0.25) is 0 Å². The summed E-state index contributed by atoms with van der Waals surface area (Å²) in [6.07, 6.45) is 17.6. The second-order valence-electron chi connectivity index (χ2n) is 14.2. The van der Waals surface area contributed by atoms with Crippen molar-refractivity contribution in [2.75, 3.05) is 172 Å². The van der Waals surface area contributed by atoms with Crippen LogP contribution in [0.3, 0.4) is 0 Å². The summed E-state index contributed by atoms with van der Waals surface area (Å²) in [5, 5.41) is 5.48. The molecule has 0 fully saturated rings. The van der Waals surface area contributed by atoms with Crippen LogP contribution in [0.25, 0.3) is 0 Å². The lowest BCUT2D eigenvalue weighted by molar-refractivity contribution is -0.0283. The van der Waals surface area contributed by atoms with Crippen LogP contribution in [-0.2, 0) is 66.3 Å². The van der Waals surface area contributed by atoms with E-state index in [1.54, 1.807) is 0 Å². The Hall–Kier alpha value is -2.46. The smallest absolute Gasteiger partial charge is 0.407 e. The first-order valence-corrected chi connectivity index (χ1v) is 22.9. The standard InChI is InChI=1S/C44H80N2O16/c47-43(61-41-11-7-3-1-4-8-12-41)45-15-17-49-19-21-51-23-25-53-27-29-55-31-33-57-35-37-59-39-40-60-38-36-58-34-32-56-30-28-54-26-24-52-22-20-50-18-16-46-44(48)62-42-13-9-5-2-6-10-14-42/h1-3,5,41-42H,4,6-40H2,(H,45,47)(H,46,48)/b3-1-,5-2-. The van der Waals surface area contributed by atoms with Crippen molar-refractivity contribution in [3.8, 4) is 0 Å². The number of allylic oxidation sites excluding steroid dienone is 4. The molecule has 362 valence electrons. The topological polar surface area (TPSA) is 187 Å². The number of hydrogen-bond acceptors (Lipinski definition) is 16. The molecule has 0 spiro atoms. The summed E-state index contributed by atoms with van der Waals surface area (Å²) < 4.78 is 77.0. The predicted octanol–water partition coefficient (Wildman–Crippen LogP) is 4.42. The van der Waals surface area contributed by atoms with Crippen molar-refractivity contribution in [1.82, 2.24) is 10.6 Å². The first-order valence-electron chi connectivity index (χ1n) is 22.9. The number of ether oxygens (including phenoxy) is 14. The van der Waals surface area contributed by atoms with Crippen LogP contribution < -0.4 is 10.6 Å². The molecule has 18 nitrogen and oxygen atoms in total. The monoisotopic (exact) mass is 893 g/mol. The van der Waals surface area contributed by atoms with E-state index in [0.29, 0.717) is 172 Å². The Bertz CT molecular complexity index is 978. The van der Waals surface area contributed by atoms with E-state index in [-0.39, 0.29) is 24.4 Å². The van der Waals surface area contributed by atoms with Gasteiger partial charge in [0, 0.05) is 13.1 Å². The number of carbonyl (C=O) groups is 2. The van der Waals surface area contributed by atoms with Gasteiger partial charge in [-0.05, 0) is 64.2 Å². The van der Waals surface area contributed by atoms with E-state index in [4.69, 9.17) is 66.3 Å². The third kappa shape index (κ3) is 39.2. The maximum Gasteiger partial charge on any atom is 0.407 e. The molecule has 0 saturated carbocycles. The van der Waals surface area contributed by atoms with Gasteiger partial charge in [-0.2, -0.15) is 0 Å². The molecular formula is C44H80N2O16. The summed E-state index contributed by atoms with van der Waals surface area (Å²) in [5.41, 5.74) is 0. The van der Waals surface area contributed by atoms with Crippen LogP contribution in [0.15, 0.2) is 24.3 Å². The molecule has 2 N–H and O–H groups in total. The highest BCUT2D eigenvalue weighted by molar-refractivity contribution is 5.67. The normalized spacial score (nSPS) is 17.9. The van der Waals surface area contributed by atoms with Crippen molar-refractivity contribution in [1.29, 1.82) is 0 Å². The van der Waals surface area contributed by atoms with E-state index in [2.05, 4.69) is 34.9 Å². The Morgan fingerprint density at radius 3 is 0.806 bits per heavy atom. The maximum absolute atomic E-state index is 11.9. The minimum absolute atomic E-state index is 0.0125. The Morgan fingerprint density at radius 1 is 0.323 bits per heavy atom. The lowest BCUT2D eigenvalue weighted by Gasteiger charge is -2.18. The van der Waals surface area contributed by atoms with E-state index in [1.165, 1.54) is 0 Å². The minimum atomic E-state index is -0.380. The van der Waals surface area contributed by atoms with Crippen molar-refractivity contribution < 1.29 is 75.9 Å². The van der Waals surface area contributed by atoms with Gasteiger partial charge < -0.3 is 76.9 Å². The quantitative estimate of drug-likeness (QED) is 0.0649. The molecule has 2 amide bonds. The molecule has 2 rings (SSSR count). The van der Waals surface area contributed by atoms with Gasteiger partial charge in [0.15, 0.2) is 0 Å². The fraction of sp³-hybridized carbons (Fsp3) is 0.864. The number of alkyl carbamates (subject to hydrolysis) is 2. The van der Waals surface area contributed by atoms with Gasteiger partial charge in [-0.15, -0.1) is 0 Å². The fourth-order valence-corrected chi connectivity index (χ4v) is 5.84. The van der Waals surface area contributed by atoms with Crippen LogP contribution in [0.1, 0.15) is 64.2 Å². The number of carbonyl (C=O) groups excluding carboxylic acids is 2. The zero-order valence-electron chi connectivity index (χ0n) is 37.5.